The molecule has 3 fully saturated rings. The molecule has 2 saturated heterocycles. The summed E-state index contributed by atoms with van der Waals surface area (Å²) >= 11 is 0. The Hall–Kier alpha value is -2.88. The number of rotatable bonds is 5. The summed E-state index contributed by atoms with van der Waals surface area (Å²) in [5.74, 6) is -4.01. The molecule has 1 aliphatic carbocycles. The van der Waals surface area contributed by atoms with Gasteiger partial charge in [0.25, 0.3) is 5.91 Å². The van der Waals surface area contributed by atoms with Crippen LogP contribution in [-0.4, -0.2) is 65.0 Å². The molecular formula is C25H29F3N4O3. The van der Waals surface area contributed by atoms with Crippen LogP contribution in [0.1, 0.15) is 49.5 Å². The summed E-state index contributed by atoms with van der Waals surface area (Å²) < 4.78 is 46.5. The molecule has 2 amide bonds. The summed E-state index contributed by atoms with van der Waals surface area (Å²) in [7, 11) is 0. The molecule has 0 spiro atoms. The zero-order valence-electron chi connectivity index (χ0n) is 19.6. The normalized spacial score (nSPS) is 27.0. The third-order valence-corrected chi connectivity index (χ3v) is 7.73. The molecule has 0 bridgehead atoms. The second kappa shape index (κ2) is 9.64. The Morgan fingerprint density at radius 1 is 1.03 bits per heavy atom. The van der Waals surface area contributed by atoms with Crippen LogP contribution in [-0.2, 0) is 4.79 Å². The lowest BCUT2D eigenvalue weighted by Crippen LogP contribution is -2.60. The molecule has 10 heteroatoms. The molecule has 1 saturated carbocycles. The van der Waals surface area contributed by atoms with Gasteiger partial charge in [-0.15, -0.1) is 0 Å². The Bertz CT molecular complexity index is 1100. The Morgan fingerprint density at radius 3 is 2.40 bits per heavy atom. The van der Waals surface area contributed by atoms with Gasteiger partial charge in [0.05, 0.1) is 11.5 Å². The number of nitrogens with one attached hydrogen (secondary N) is 1. The van der Waals surface area contributed by atoms with Crippen molar-refractivity contribution >= 4 is 11.8 Å². The summed E-state index contributed by atoms with van der Waals surface area (Å²) in [6.07, 6.45) is 5.11. The fourth-order valence-corrected chi connectivity index (χ4v) is 5.66. The van der Waals surface area contributed by atoms with Gasteiger partial charge in [-0.25, -0.2) is 13.2 Å². The molecular weight excluding hydrogens is 461 g/mol. The highest BCUT2D eigenvalue weighted by molar-refractivity contribution is 5.94. The standard InChI is InChI=1S/C25H29F3N4O3/c1-14-4-2-5-21(14)32-9-6-19(16(13-32)25(34)31-7-3-8-31)29-24(33)20-12-22(35-30-20)23-17(27)10-15(26)11-18(23)28/h10-12,14,16,19,21H,2-9,13H2,1H3,(H,29,33)/t14?,16-,19-,21?/m1/s1. The topological polar surface area (TPSA) is 78.7 Å². The third kappa shape index (κ3) is 4.68. The Labute approximate surface area is 201 Å². The second-order valence-electron chi connectivity index (χ2n) is 9.95. The highest BCUT2D eigenvalue weighted by atomic mass is 19.1. The summed E-state index contributed by atoms with van der Waals surface area (Å²) in [6.45, 7) is 5.09. The SMILES string of the molecule is CC1CCCC1N1CC[C@@H](NC(=O)c2cc(-c3c(F)cc(F)cc3F)on2)[C@H](C(=O)N2CCC2)C1. The molecule has 7 nitrogen and oxygen atoms in total. The van der Waals surface area contributed by atoms with Crippen LogP contribution in [0.5, 0.6) is 0 Å². The minimum absolute atomic E-state index is 0.0493. The highest BCUT2D eigenvalue weighted by Crippen LogP contribution is 2.33. The first kappa shape index (κ1) is 23.8. The van der Waals surface area contributed by atoms with Crippen molar-refractivity contribution in [2.45, 2.75) is 51.1 Å². The largest absolute Gasteiger partial charge is 0.355 e. The molecule has 2 unspecified atom stereocenters. The van der Waals surface area contributed by atoms with Gasteiger partial charge in [-0.1, -0.05) is 18.5 Å². The van der Waals surface area contributed by atoms with Gasteiger partial charge < -0.3 is 14.7 Å². The van der Waals surface area contributed by atoms with E-state index in [2.05, 4.69) is 22.3 Å². The molecule has 1 aromatic heterocycles. The van der Waals surface area contributed by atoms with Crippen LogP contribution in [0.3, 0.4) is 0 Å². The van der Waals surface area contributed by atoms with E-state index < -0.39 is 28.9 Å². The van der Waals surface area contributed by atoms with Crippen molar-refractivity contribution in [3.63, 3.8) is 0 Å². The number of hydrogen-bond acceptors (Lipinski definition) is 5. The summed E-state index contributed by atoms with van der Waals surface area (Å²) in [6, 6.07) is 2.26. The molecule has 188 valence electrons. The van der Waals surface area contributed by atoms with E-state index in [0.29, 0.717) is 37.1 Å². The van der Waals surface area contributed by atoms with Crippen molar-refractivity contribution in [2.75, 3.05) is 26.2 Å². The average molecular weight is 491 g/mol. The predicted molar refractivity (Wildman–Crippen MR) is 121 cm³/mol. The number of halogens is 3. The van der Waals surface area contributed by atoms with Gasteiger partial charge in [-0.05, 0) is 31.6 Å². The maximum Gasteiger partial charge on any atom is 0.273 e. The van der Waals surface area contributed by atoms with Crippen molar-refractivity contribution in [1.82, 2.24) is 20.3 Å². The molecule has 5 rings (SSSR count). The van der Waals surface area contributed by atoms with Crippen molar-refractivity contribution in [3.05, 3.63) is 41.3 Å². The number of carbonyl (C=O) groups excluding carboxylic acids is 2. The summed E-state index contributed by atoms with van der Waals surface area (Å²) in [5, 5.41) is 6.57. The van der Waals surface area contributed by atoms with Crippen LogP contribution in [0.15, 0.2) is 22.7 Å². The second-order valence-corrected chi connectivity index (χ2v) is 9.95. The molecule has 3 heterocycles. The van der Waals surface area contributed by atoms with E-state index in [-0.39, 0.29) is 29.3 Å². The van der Waals surface area contributed by atoms with Gasteiger partial charge in [0.15, 0.2) is 11.5 Å². The smallest absolute Gasteiger partial charge is 0.273 e. The number of aromatic nitrogens is 1. The number of hydrogen-bond donors (Lipinski definition) is 1. The molecule has 4 atom stereocenters. The number of benzene rings is 1. The average Bonchev–Trinajstić information content (AvgIpc) is 3.41. The quantitative estimate of drug-likeness (QED) is 0.693. The zero-order chi connectivity index (χ0) is 24.7. The van der Waals surface area contributed by atoms with Crippen LogP contribution in [0.2, 0.25) is 0 Å². The molecule has 0 radical (unpaired) electrons. The van der Waals surface area contributed by atoms with Gasteiger partial charge in [0.2, 0.25) is 5.91 Å². The van der Waals surface area contributed by atoms with E-state index in [4.69, 9.17) is 4.52 Å². The Morgan fingerprint density at radius 2 is 1.77 bits per heavy atom. The monoisotopic (exact) mass is 490 g/mol. The van der Waals surface area contributed by atoms with E-state index in [0.717, 1.165) is 38.5 Å². The van der Waals surface area contributed by atoms with Crippen molar-refractivity contribution in [3.8, 4) is 11.3 Å². The van der Waals surface area contributed by atoms with Crippen LogP contribution >= 0.6 is 0 Å². The van der Waals surface area contributed by atoms with Gasteiger partial charge in [-0.3, -0.25) is 14.5 Å². The predicted octanol–water partition coefficient (Wildman–Crippen LogP) is 3.60. The van der Waals surface area contributed by atoms with E-state index in [1.54, 1.807) is 0 Å². The van der Waals surface area contributed by atoms with Gasteiger partial charge >= 0.3 is 0 Å². The third-order valence-electron chi connectivity index (χ3n) is 7.73. The number of carbonyl (C=O) groups is 2. The lowest BCUT2D eigenvalue weighted by atomic mass is 9.87. The van der Waals surface area contributed by atoms with Crippen molar-refractivity contribution in [1.29, 1.82) is 0 Å². The van der Waals surface area contributed by atoms with Crippen LogP contribution in [0, 0.1) is 29.3 Å². The van der Waals surface area contributed by atoms with Crippen LogP contribution in [0.4, 0.5) is 13.2 Å². The van der Waals surface area contributed by atoms with E-state index in [9.17, 15) is 22.8 Å². The molecule has 1 aromatic carbocycles. The first-order chi connectivity index (χ1) is 16.8. The van der Waals surface area contributed by atoms with Crippen molar-refractivity contribution < 1.29 is 27.3 Å². The molecule has 1 N–H and O–H groups in total. The molecule has 2 aliphatic heterocycles. The number of likely N-dealkylation sites (tertiary alicyclic amines) is 2. The van der Waals surface area contributed by atoms with E-state index in [1.165, 1.54) is 12.8 Å². The minimum atomic E-state index is -1.15. The summed E-state index contributed by atoms with van der Waals surface area (Å²) in [4.78, 5) is 30.4. The maximum atomic E-state index is 14.1. The highest BCUT2D eigenvalue weighted by Gasteiger charge is 2.42. The minimum Gasteiger partial charge on any atom is -0.355 e. The first-order valence-electron chi connectivity index (χ1n) is 12.3. The lowest BCUT2D eigenvalue weighted by molar-refractivity contribution is -0.142. The number of nitrogens with zero attached hydrogens (tertiary/aromatic N) is 3. The van der Waals surface area contributed by atoms with Gasteiger partial charge in [0, 0.05) is 56.5 Å². The Kier molecular flexibility index (Phi) is 6.57. The van der Waals surface area contributed by atoms with E-state index in [1.807, 2.05) is 4.90 Å². The van der Waals surface area contributed by atoms with Crippen LogP contribution < -0.4 is 5.32 Å². The number of amides is 2. The van der Waals surface area contributed by atoms with Gasteiger partial charge in [0.1, 0.15) is 17.5 Å². The van der Waals surface area contributed by atoms with Crippen molar-refractivity contribution in [2.24, 2.45) is 11.8 Å². The first-order valence-corrected chi connectivity index (χ1v) is 12.3. The fraction of sp³-hybridized carbons (Fsp3) is 0.560. The molecule has 2 aromatic rings. The van der Waals surface area contributed by atoms with Crippen LogP contribution in [0.25, 0.3) is 11.3 Å². The van der Waals surface area contributed by atoms with Gasteiger partial charge in [-0.2, -0.15) is 0 Å². The number of piperidine rings is 1. The maximum absolute atomic E-state index is 14.1. The van der Waals surface area contributed by atoms with E-state index >= 15 is 0 Å². The summed E-state index contributed by atoms with van der Waals surface area (Å²) in [5.41, 5.74) is -0.757. The lowest BCUT2D eigenvalue weighted by Gasteiger charge is -2.44. The molecule has 35 heavy (non-hydrogen) atoms. The zero-order valence-corrected chi connectivity index (χ0v) is 19.6. The Balaban J connectivity index is 1.32. The molecule has 3 aliphatic rings. The fourth-order valence-electron chi connectivity index (χ4n) is 5.66.